The van der Waals surface area contributed by atoms with E-state index < -0.39 is 0 Å². The van der Waals surface area contributed by atoms with Crippen LogP contribution in [0.2, 0.25) is 0 Å². The molecular weight excluding hydrogens is 340 g/mol. The number of benzene rings is 1. The number of thioether (sulfide) groups is 1. The van der Waals surface area contributed by atoms with Crippen molar-refractivity contribution in [2.45, 2.75) is 74.9 Å². The fraction of sp³-hybridized carbons (Fsp3) is 0.632. The van der Waals surface area contributed by atoms with Gasteiger partial charge in [0.15, 0.2) is 0 Å². The lowest BCUT2D eigenvalue weighted by Crippen LogP contribution is -2.48. The lowest BCUT2D eigenvalue weighted by Gasteiger charge is -2.29. The predicted octanol–water partition coefficient (Wildman–Crippen LogP) is 3.90. The van der Waals surface area contributed by atoms with Gasteiger partial charge in [0.05, 0.1) is 5.75 Å². The molecule has 2 unspecified atom stereocenters. The van der Waals surface area contributed by atoms with Crippen LogP contribution in [0.4, 0.5) is 0 Å². The van der Waals surface area contributed by atoms with Gasteiger partial charge in [-0.15, -0.1) is 24.2 Å². The van der Waals surface area contributed by atoms with E-state index in [0.717, 1.165) is 12.8 Å². The number of piperidine rings is 1. The molecule has 0 saturated carbocycles. The van der Waals surface area contributed by atoms with Crippen LogP contribution in [-0.4, -0.2) is 29.8 Å². The van der Waals surface area contributed by atoms with Crippen LogP contribution in [0.25, 0.3) is 0 Å². The Morgan fingerprint density at radius 3 is 2.29 bits per heavy atom. The highest BCUT2D eigenvalue weighted by Gasteiger charge is 2.33. The molecule has 2 aliphatic rings. The normalized spacial score (nSPS) is 25.9. The minimum absolute atomic E-state index is 0. The molecule has 5 heteroatoms. The van der Waals surface area contributed by atoms with E-state index in [9.17, 15) is 4.79 Å². The topological polar surface area (TPSA) is 41.1 Å². The Labute approximate surface area is 156 Å². The Balaban J connectivity index is 0.00000208. The second kappa shape index (κ2) is 8.11. The van der Waals surface area contributed by atoms with Gasteiger partial charge >= 0.3 is 0 Å². The summed E-state index contributed by atoms with van der Waals surface area (Å²) in [6, 6.07) is 10.2. The first-order valence-corrected chi connectivity index (χ1v) is 9.67. The number of amides is 1. The highest BCUT2D eigenvalue weighted by atomic mass is 35.5. The molecule has 3 nitrogen and oxygen atoms in total. The summed E-state index contributed by atoms with van der Waals surface area (Å²) in [4.78, 5) is 13.4. The number of hydrogen-bond acceptors (Lipinski definition) is 3. The average molecular weight is 369 g/mol. The minimum atomic E-state index is 0. The first kappa shape index (κ1) is 19.6. The fourth-order valence-electron chi connectivity index (χ4n) is 3.64. The van der Waals surface area contributed by atoms with Crippen LogP contribution < -0.4 is 10.6 Å². The van der Waals surface area contributed by atoms with E-state index in [1.807, 2.05) is 0 Å². The van der Waals surface area contributed by atoms with E-state index in [1.54, 1.807) is 11.8 Å². The summed E-state index contributed by atoms with van der Waals surface area (Å²) in [6.45, 7) is 6.65. The maximum atomic E-state index is 12.2. The van der Waals surface area contributed by atoms with Gasteiger partial charge in [0.25, 0.3) is 0 Å². The van der Waals surface area contributed by atoms with Gasteiger partial charge in [0, 0.05) is 23.0 Å². The Hall–Kier alpha value is -0.710. The lowest BCUT2D eigenvalue weighted by atomic mass is 9.87. The van der Waals surface area contributed by atoms with E-state index in [0.29, 0.717) is 23.9 Å². The Bertz CT molecular complexity index is 543. The van der Waals surface area contributed by atoms with Crippen LogP contribution in [0.15, 0.2) is 29.2 Å². The van der Waals surface area contributed by atoms with E-state index >= 15 is 0 Å². The highest BCUT2D eigenvalue weighted by molar-refractivity contribution is 8.00. The zero-order valence-electron chi connectivity index (χ0n) is 14.8. The number of nitrogens with one attached hydrogen (secondary N) is 2. The van der Waals surface area contributed by atoms with Crippen molar-refractivity contribution in [2.75, 3.05) is 5.75 Å². The zero-order chi connectivity index (χ0) is 16.4. The van der Waals surface area contributed by atoms with E-state index in [4.69, 9.17) is 0 Å². The monoisotopic (exact) mass is 368 g/mol. The third-order valence-corrected chi connectivity index (χ3v) is 5.94. The molecule has 2 heterocycles. The summed E-state index contributed by atoms with van der Waals surface area (Å²) < 4.78 is 0. The van der Waals surface area contributed by atoms with Gasteiger partial charge in [-0.05, 0) is 48.8 Å². The molecule has 2 fully saturated rings. The second-order valence-electron chi connectivity index (χ2n) is 7.94. The van der Waals surface area contributed by atoms with Gasteiger partial charge in [-0.1, -0.05) is 32.9 Å². The van der Waals surface area contributed by atoms with Crippen LogP contribution >= 0.6 is 24.2 Å². The van der Waals surface area contributed by atoms with Crippen molar-refractivity contribution in [3.8, 4) is 0 Å². The summed E-state index contributed by atoms with van der Waals surface area (Å²) in [5, 5.41) is 6.84. The molecule has 1 aromatic rings. The van der Waals surface area contributed by atoms with Gasteiger partial charge in [0.1, 0.15) is 0 Å². The summed E-state index contributed by atoms with van der Waals surface area (Å²) in [7, 11) is 0. The molecule has 24 heavy (non-hydrogen) atoms. The molecule has 2 N–H and O–H groups in total. The van der Waals surface area contributed by atoms with Crippen molar-refractivity contribution in [1.82, 2.24) is 10.6 Å². The Morgan fingerprint density at radius 1 is 1.17 bits per heavy atom. The third-order valence-electron chi connectivity index (χ3n) is 4.93. The third kappa shape index (κ3) is 5.14. The number of rotatable bonds is 4. The molecule has 3 rings (SSSR count). The summed E-state index contributed by atoms with van der Waals surface area (Å²) >= 11 is 1.63. The van der Waals surface area contributed by atoms with Crippen molar-refractivity contribution in [3.63, 3.8) is 0 Å². The smallest absolute Gasteiger partial charge is 0.230 e. The number of halogens is 1. The van der Waals surface area contributed by atoms with E-state index in [2.05, 4.69) is 55.7 Å². The first-order valence-electron chi connectivity index (χ1n) is 8.69. The summed E-state index contributed by atoms with van der Waals surface area (Å²) in [5.74, 6) is 0.676. The number of hydrogen-bond donors (Lipinski definition) is 2. The largest absolute Gasteiger partial charge is 0.353 e. The van der Waals surface area contributed by atoms with Gasteiger partial charge in [0.2, 0.25) is 5.91 Å². The summed E-state index contributed by atoms with van der Waals surface area (Å²) in [5.41, 5.74) is 1.51. The Morgan fingerprint density at radius 2 is 1.75 bits per heavy atom. The van der Waals surface area contributed by atoms with Crippen molar-refractivity contribution in [2.24, 2.45) is 0 Å². The molecule has 1 aromatic carbocycles. The lowest BCUT2D eigenvalue weighted by molar-refractivity contribution is -0.119. The molecule has 2 aliphatic heterocycles. The fourth-order valence-corrected chi connectivity index (χ4v) is 4.35. The van der Waals surface area contributed by atoms with Gasteiger partial charge in [-0.25, -0.2) is 0 Å². The summed E-state index contributed by atoms with van der Waals surface area (Å²) in [6.07, 6.45) is 4.72. The van der Waals surface area contributed by atoms with Crippen molar-refractivity contribution in [1.29, 1.82) is 0 Å². The van der Waals surface area contributed by atoms with Crippen LogP contribution in [0.3, 0.4) is 0 Å². The van der Waals surface area contributed by atoms with E-state index in [1.165, 1.54) is 23.3 Å². The quantitative estimate of drug-likeness (QED) is 0.792. The first-order chi connectivity index (χ1) is 10.9. The molecule has 2 bridgehead atoms. The molecule has 134 valence electrons. The molecule has 0 spiro atoms. The van der Waals surface area contributed by atoms with Crippen LogP contribution in [0.5, 0.6) is 0 Å². The van der Waals surface area contributed by atoms with E-state index in [-0.39, 0.29) is 23.7 Å². The molecule has 2 saturated heterocycles. The molecule has 1 amide bonds. The molecular formula is C19H29ClN2OS. The zero-order valence-corrected chi connectivity index (χ0v) is 16.4. The molecule has 0 radical (unpaired) electrons. The Kier molecular flexibility index (Phi) is 6.63. The minimum Gasteiger partial charge on any atom is -0.353 e. The van der Waals surface area contributed by atoms with Gasteiger partial charge in [-0.3, -0.25) is 4.79 Å². The van der Waals surface area contributed by atoms with Crippen LogP contribution in [-0.2, 0) is 10.2 Å². The SMILES string of the molecule is CC(C)(C)c1ccc(SCC(=O)NC2CC3CCC(C2)N3)cc1.Cl. The van der Waals surface area contributed by atoms with Gasteiger partial charge in [-0.2, -0.15) is 0 Å². The standard InChI is InChI=1S/C19H28N2OS.ClH/c1-19(2,3)13-4-8-17(9-5-13)23-12-18(22)21-16-10-14-6-7-15(11-16)20-14;/h4-5,8-9,14-16,20H,6-7,10-12H2,1-3H3,(H,21,22);1H. The average Bonchev–Trinajstić information content (AvgIpc) is 2.83. The van der Waals surface area contributed by atoms with Crippen LogP contribution in [0.1, 0.15) is 52.0 Å². The van der Waals surface area contributed by atoms with Crippen molar-refractivity contribution < 1.29 is 4.79 Å². The molecule has 0 aromatic heterocycles. The molecule has 0 aliphatic carbocycles. The van der Waals surface area contributed by atoms with Gasteiger partial charge < -0.3 is 10.6 Å². The maximum absolute atomic E-state index is 12.2. The van der Waals surface area contributed by atoms with Crippen molar-refractivity contribution in [3.05, 3.63) is 29.8 Å². The maximum Gasteiger partial charge on any atom is 0.230 e. The second-order valence-corrected chi connectivity index (χ2v) is 8.99. The predicted molar refractivity (Wildman–Crippen MR) is 104 cm³/mol. The van der Waals surface area contributed by atoms with Crippen molar-refractivity contribution >= 4 is 30.1 Å². The number of carbonyl (C=O) groups is 1. The molecule has 2 atom stereocenters. The number of carbonyl (C=O) groups excluding carboxylic acids is 1. The number of fused-ring (bicyclic) bond motifs is 2. The van der Waals surface area contributed by atoms with Crippen LogP contribution in [0, 0.1) is 0 Å². The highest BCUT2D eigenvalue weighted by Crippen LogP contribution is 2.28.